The summed E-state index contributed by atoms with van der Waals surface area (Å²) in [5, 5.41) is 2.43. The third-order valence-corrected chi connectivity index (χ3v) is 4.46. The average Bonchev–Trinajstić information content (AvgIpc) is 2.82. The molecule has 1 heterocycles. The smallest absolute Gasteiger partial charge is 0.408 e. The molecule has 8 nitrogen and oxygen atoms in total. The number of carbonyl (C=O) groups is 4. The van der Waals surface area contributed by atoms with Crippen molar-refractivity contribution >= 4 is 35.8 Å². The van der Waals surface area contributed by atoms with Crippen LogP contribution in [0.3, 0.4) is 0 Å². The van der Waals surface area contributed by atoms with Gasteiger partial charge in [-0.05, 0) is 51.8 Å². The second kappa shape index (κ2) is 8.43. The minimum Gasteiger partial charge on any atom is -0.464 e. The first-order valence-corrected chi connectivity index (χ1v) is 9.35. The number of nitrogens with one attached hydrogen (secondary N) is 1. The van der Waals surface area contributed by atoms with Gasteiger partial charge in [-0.15, -0.1) is 0 Å². The van der Waals surface area contributed by atoms with Gasteiger partial charge in [-0.3, -0.25) is 9.59 Å². The van der Waals surface area contributed by atoms with Crippen LogP contribution >= 0.6 is 11.9 Å². The molecule has 2 rings (SSSR count). The lowest BCUT2D eigenvalue weighted by atomic mass is 10.1. The minimum atomic E-state index is -1.07. The average molecular weight is 394 g/mol. The van der Waals surface area contributed by atoms with E-state index in [9.17, 15) is 19.2 Å². The van der Waals surface area contributed by atoms with Gasteiger partial charge in [0.2, 0.25) is 0 Å². The molecule has 0 saturated heterocycles. The summed E-state index contributed by atoms with van der Waals surface area (Å²) in [6.07, 6.45) is -0.788. The molecule has 0 fully saturated rings. The second-order valence-electron chi connectivity index (χ2n) is 6.70. The minimum absolute atomic E-state index is 0.0659. The zero-order valence-electron chi connectivity index (χ0n) is 15.6. The number of amides is 3. The first kappa shape index (κ1) is 20.8. The Morgan fingerprint density at radius 1 is 1.15 bits per heavy atom. The molecule has 0 spiro atoms. The number of carbonyl (C=O) groups excluding carboxylic acids is 4. The maximum absolute atomic E-state index is 12.4. The lowest BCUT2D eigenvalue weighted by Crippen LogP contribution is -2.46. The van der Waals surface area contributed by atoms with E-state index in [1.54, 1.807) is 52.0 Å². The number of rotatable bonds is 6. The van der Waals surface area contributed by atoms with Gasteiger partial charge in [-0.25, -0.2) is 13.9 Å². The zero-order chi connectivity index (χ0) is 20.2. The zero-order valence-corrected chi connectivity index (χ0v) is 16.4. The molecule has 1 atom stereocenters. The molecular formula is C18H22N2O6S. The van der Waals surface area contributed by atoms with Crippen molar-refractivity contribution in [3.05, 3.63) is 35.4 Å². The van der Waals surface area contributed by atoms with Gasteiger partial charge in [0.1, 0.15) is 11.6 Å². The van der Waals surface area contributed by atoms with Gasteiger partial charge < -0.3 is 14.8 Å². The number of hydrogen-bond acceptors (Lipinski definition) is 7. The summed E-state index contributed by atoms with van der Waals surface area (Å²) in [6.45, 7) is 6.85. The van der Waals surface area contributed by atoms with E-state index < -0.39 is 35.5 Å². The molecule has 1 N–H and O–H groups in total. The van der Waals surface area contributed by atoms with Crippen LogP contribution in [-0.4, -0.2) is 52.2 Å². The second-order valence-corrected chi connectivity index (χ2v) is 7.65. The number of fused-ring (bicyclic) bond motifs is 1. The standard InChI is InChI=1S/C18H22N2O6S/c1-5-25-16(23)13(19-17(24)26-18(2,3)4)10-27-20-14(21)11-8-6-7-9-12(11)15(20)22/h6-9,13H,5,10H2,1-4H3,(H,19,24)/t13-/m0/s1. The number of esters is 1. The molecule has 0 saturated carbocycles. The molecule has 1 aromatic carbocycles. The fourth-order valence-corrected chi connectivity index (χ4v) is 3.24. The number of imide groups is 1. The molecule has 1 aliphatic heterocycles. The van der Waals surface area contributed by atoms with Crippen LogP contribution in [0.5, 0.6) is 0 Å². The number of hydrogen-bond donors (Lipinski definition) is 1. The van der Waals surface area contributed by atoms with Crippen LogP contribution in [0.1, 0.15) is 48.4 Å². The largest absolute Gasteiger partial charge is 0.464 e. The van der Waals surface area contributed by atoms with Gasteiger partial charge >= 0.3 is 12.1 Å². The number of ether oxygens (including phenoxy) is 2. The van der Waals surface area contributed by atoms with Gasteiger partial charge in [-0.1, -0.05) is 12.1 Å². The predicted octanol–water partition coefficient (Wildman–Crippen LogP) is 2.39. The number of nitrogens with zero attached hydrogens (tertiary/aromatic N) is 1. The van der Waals surface area contributed by atoms with Crippen LogP contribution < -0.4 is 5.32 Å². The van der Waals surface area contributed by atoms with Crippen molar-refractivity contribution in [2.75, 3.05) is 12.4 Å². The van der Waals surface area contributed by atoms with Crippen LogP contribution in [0, 0.1) is 0 Å². The Morgan fingerprint density at radius 2 is 1.70 bits per heavy atom. The fraction of sp³-hybridized carbons (Fsp3) is 0.444. The normalized spacial score (nSPS) is 14.6. The van der Waals surface area contributed by atoms with E-state index in [2.05, 4.69) is 5.32 Å². The molecule has 27 heavy (non-hydrogen) atoms. The highest BCUT2D eigenvalue weighted by molar-refractivity contribution is 7.98. The molecule has 0 unspecified atom stereocenters. The van der Waals surface area contributed by atoms with E-state index in [4.69, 9.17) is 9.47 Å². The molecule has 1 aliphatic rings. The highest BCUT2D eigenvalue weighted by atomic mass is 32.2. The van der Waals surface area contributed by atoms with E-state index in [1.165, 1.54) is 0 Å². The summed E-state index contributed by atoms with van der Waals surface area (Å²) < 4.78 is 11.1. The van der Waals surface area contributed by atoms with Crippen LogP contribution in [0.4, 0.5) is 4.79 Å². The highest BCUT2D eigenvalue weighted by Gasteiger charge is 2.37. The Balaban J connectivity index is 2.06. The van der Waals surface area contributed by atoms with Gasteiger partial charge in [0, 0.05) is 5.75 Å². The summed E-state index contributed by atoms with van der Waals surface area (Å²) in [4.78, 5) is 48.9. The summed E-state index contributed by atoms with van der Waals surface area (Å²) in [5.41, 5.74) is -0.121. The summed E-state index contributed by atoms with van der Waals surface area (Å²) in [6, 6.07) is 5.40. The summed E-state index contributed by atoms with van der Waals surface area (Å²) in [7, 11) is 0. The molecule has 146 valence electrons. The van der Waals surface area contributed by atoms with Crippen LogP contribution in [-0.2, 0) is 14.3 Å². The maximum Gasteiger partial charge on any atom is 0.408 e. The van der Waals surface area contributed by atoms with Crippen molar-refractivity contribution in [3.63, 3.8) is 0 Å². The lowest BCUT2D eigenvalue weighted by Gasteiger charge is -2.23. The first-order valence-electron chi connectivity index (χ1n) is 8.41. The van der Waals surface area contributed by atoms with E-state index >= 15 is 0 Å². The topological polar surface area (TPSA) is 102 Å². The molecular weight excluding hydrogens is 372 g/mol. The van der Waals surface area contributed by atoms with Crippen molar-refractivity contribution < 1.29 is 28.7 Å². The molecule has 9 heteroatoms. The van der Waals surface area contributed by atoms with Crippen LogP contribution in [0.2, 0.25) is 0 Å². The maximum atomic E-state index is 12.4. The van der Waals surface area contributed by atoms with E-state index in [0.29, 0.717) is 11.1 Å². The van der Waals surface area contributed by atoms with Gasteiger partial charge in [0.05, 0.1) is 17.7 Å². The van der Waals surface area contributed by atoms with E-state index in [0.717, 1.165) is 16.3 Å². The first-order chi connectivity index (χ1) is 12.6. The van der Waals surface area contributed by atoms with E-state index in [-0.39, 0.29) is 12.4 Å². The highest BCUT2D eigenvalue weighted by Crippen LogP contribution is 2.28. The Labute approximate surface area is 161 Å². The molecule has 3 amide bonds. The summed E-state index contributed by atoms with van der Waals surface area (Å²) >= 11 is 0.842. The monoisotopic (exact) mass is 394 g/mol. The lowest BCUT2D eigenvalue weighted by molar-refractivity contribution is -0.145. The Morgan fingerprint density at radius 3 is 2.19 bits per heavy atom. The molecule has 0 aliphatic carbocycles. The van der Waals surface area contributed by atoms with Gasteiger partial charge in [-0.2, -0.15) is 0 Å². The molecule has 0 aromatic heterocycles. The van der Waals surface area contributed by atoms with Crippen LogP contribution in [0.15, 0.2) is 24.3 Å². The third-order valence-electron chi connectivity index (χ3n) is 3.39. The Kier molecular flexibility index (Phi) is 6.48. The fourth-order valence-electron chi connectivity index (χ4n) is 2.29. The number of alkyl carbamates (subject to hydrolysis) is 1. The molecule has 0 radical (unpaired) electrons. The van der Waals surface area contributed by atoms with Gasteiger partial charge in [0.15, 0.2) is 0 Å². The molecule has 0 bridgehead atoms. The molecule has 1 aromatic rings. The van der Waals surface area contributed by atoms with Crippen molar-refractivity contribution in [2.45, 2.75) is 39.3 Å². The Bertz CT molecular complexity index is 723. The summed E-state index contributed by atoms with van der Waals surface area (Å²) in [5.74, 6) is -1.66. The van der Waals surface area contributed by atoms with Crippen molar-refractivity contribution in [1.29, 1.82) is 0 Å². The van der Waals surface area contributed by atoms with E-state index in [1.807, 2.05) is 0 Å². The third kappa shape index (κ3) is 5.22. The van der Waals surface area contributed by atoms with Crippen molar-refractivity contribution in [3.8, 4) is 0 Å². The number of benzene rings is 1. The van der Waals surface area contributed by atoms with Crippen molar-refractivity contribution in [2.24, 2.45) is 0 Å². The van der Waals surface area contributed by atoms with Crippen LogP contribution in [0.25, 0.3) is 0 Å². The predicted molar refractivity (Wildman–Crippen MR) is 99.2 cm³/mol. The van der Waals surface area contributed by atoms with Crippen molar-refractivity contribution in [1.82, 2.24) is 9.62 Å². The Hall–Kier alpha value is -2.55. The SMILES string of the molecule is CCOC(=O)[C@H](CSN1C(=O)c2ccccc2C1=O)NC(=O)OC(C)(C)C. The van der Waals surface area contributed by atoms with Gasteiger partial charge in [0.25, 0.3) is 11.8 Å². The quantitative estimate of drug-likeness (QED) is 0.449.